The summed E-state index contributed by atoms with van der Waals surface area (Å²) in [4.78, 5) is 2.19. The highest BCUT2D eigenvalue weighted by Gasteiger charge is 2.25. The summed E-state index contributed by atoms with van der Waals surface area (Å²) >= 11 is 0. The molecule has 4 nitrogen and oxygen atoms in total. The molecule has 0 saturated heterocycles. The van der Waals surface area contributed by atoms with E-state index in [0.717, 1.165) is 5.56 Å². The molecule has 0 amide bonds. The standard InChI is InChI=1S/C13H16N2O2S/c1-3-8-14-9-10-15(11-14)18(16,17)13-6-4-12(2)5-7-13/h3-7,9-10H,1,8,11H2,2H3. The minimum Gasteiger partial charge on any atom is -0.354 e. The molecule has 96 valence electrons. The zero-order valence-corrected chi connectivity index (χ0v) is 11.1. The molecule has 0 N–H and O–H groups in total. The molecule has 5 heteroatoms. The molecule has 18 heavy (non-hydrogen) atoms. The van der Waals surface area contributed by atoms with E-state index in [9.17, 15) is 8.42 Å². The van der Waals surface area contributed by atoms with E-state index in [4.69, 9.17) is 0 Å². The van der Waals surface area contributed by atoms with Crippen molar-refractivity contribution in [3.63, 3.8) is 0 Å². The third kappa shape index (κ3) is 2.41. The molecule has 0 bridgehead atoms. The van der Waals surface area contributed by atoms with Crippen molar-refractivity contribution in [2.24, 2.45) is 0 Å². The summed E-state index contributed by atoms with van der Waals surface area (Å²) in [6, 6.07) is 6.87. The van der Waals surface area contributed by atoms with Gasteiger partial charge in [0.25, 0.3) is 10.0 Å². The average molecular weight is 264 g/mol. The molecule has 1 aromatic carbocycles. The normalized spacial score (nSPS) is 15.2. The molecule has 1 aliphatic heterocycles. The van der Waals surface area contributed by atoms with Crippen LogP contribution in [-0.4, -0.2) is 30.8 Å². The van der Waals surface area contributed by atoms with Gasteiger partial charge in [0.15, 0.2) is 0 Å². The summed E-state index contributed by atoms with van der Waals surface area (Å²) in [6.07, 6.45) is 5.08. The van der Waals surface area contributed by atoms with E-state index in [1.807, 2.05) is 11.8 Å². The Morgan fingerprint density at radius 1 is 1.28 bits per heavy atom. The van der Waals surface area contributed by atoms with Crippen LogP contribution in [-0.2, 0) is 10.0 Å². The number of benzene rings is 1. The second kappa shape index (κ2) is 4.86. The first-order chi connectivity index (χ1) is 8.54. The van der Waals surface area contributed by atoms with E-state index in [0.29, 0.717) is 18.1 Å². The summed E-state index contributed by atoms with van der Waals surface area (Å²) in [5.41, 5.74) is 1.04. The minimum atomic E-state index is -3.44. The predicted octanol–water partition coefficient (Wildman–Crippen LogP) is 1.92. The van der Waals surface area contributed by atoms with Gasteiger partial charge in [-0.2, -0.15) is 0 Å². The molecular formula is C13H16N2O2S. The van der Waals surface area contributed by atoms with Crippen molar-refractivity contribution < 1.29 is 8.42 Å². The Hall–Kier alpha value is -1.75. The van der Waals surface area contributed by atoms with Crippen LogP contribution in [0.1, 0.15) is 5.56 Å². The highest BCUT2D eigenvalue weighted by Crippen LogP contribution is 2.20. The number of rotatable bonds is 4. The van der Waals surface area contributed by atoms with Gasteiger partial charge in [-0.25, -0.2) is 8.42 Å². The zero-order chi connectivity index (χ0) is 13.2. The van der Waals surface area contributed by atoms with Crippen molar-refractivity contribution in [3.05, 3.63) is 54.9 Å². The molecule has 0 atom stereocenters. The lowest BCUT2D eigenvalue weighted by Gasteiger charge is -2.20. The molecule has 0 aromatic heterocycles. The summed E-state index contributed by atoms with van der Waals surface area (Å²) < 4.78 is 26.0. The molecule has 1 aromatic rings. The monoisotopic (exact) mass is 264 g/mol. The molecule has 0 spiro atoms. The van der Waals surface area contributed by atoms with Crippen LogP contribution in [0.15, 0.2) is 54.2 Å². The molecule has 0 saturated carbocycles. The fraction of sp³-hybridized carbons (Fsp3) is 0.231. The van der Waals surface area contributed by atoms with Crippen LogP contribution < -0.4 is 0 Å². The van der Waals surface area contributed by atoms with Crippen molar-refractivity contribution in [3.8, 4) is 0 Å². The lowest BCUT2D eigenvalue weighted by molar-refractivity contribution is 0.360. The Kier molecular flexibility index (Phi) is 3.43. The van der Waals surface area contributed by atoms with Crippen molar-refractivity contribution in [2.75, 3.05) is 13.2 Å². The molecule has 1 heterocycles. The maximum absolute atomic E-state index is 12.3. The maximum Gasteiger partial charge on any atom is 0.265 e. The van der Waals surface area contributed by atoms with Gasteiger partial charge < -0.3 is 4.90 Å². The fourth-order valence-electron chi connectivity index (χ4n) is 1.73. The Labute approximate surface area is 108 Å². The van der Waals surface area contributed by atoms with Gasteiger partial charge in [-0.15, -0.1) is 6.58 Å². The second-order valence-corrected chi connectivity index (χ2v) is 6.10. The third-order valence-electron chi connectivity index (χ3n) is 2.76. The van der Waals surface area contributed by atoms with Crippen molar-refractivity contribution in [2.45, 2.75) is 11.8 Å². The van der Waals surface area contributed by atoms with E-state index in [-0.39, 0.29) is 0 Å². The lowest BCUT2D eigenvalue weighted by atomic mass is 10.2. The van der Waals surface area contributed by atoms with Crippen LogP contribution in [0.5, 0.6) is 0 Å². The van der Waals surface area contributed by atoms with Gasteiger partial charge >= 0.3 is 0 Å². The topological polar surface area (TPSA) is 40.6 Å². The van der Waals surface area contributed by atoms with E-state index >= 15 is 0 Å². The van der Waals surface area contributed by atoms with Crippen molar-refractivity contribution >= 4 is 10.0 Å². The van der Waals surface area contributed by atoms with Crippen LogP contribution in [0.25, 0.3) is 0 Å². The fourth-order valence-corrected chi connectivity index (χ4v) is 2.99. The molecule has 1 aliphatic rings. The van der Waals surface area contributed by atoms with Crippen LogP contribution in [0.4, 0.5) is 0 Å². The third-order valence-corrected chi connectivity index (χ3v) is 4.48. The quantitative estimate of drug-likeness (QED) is 0.780. The highest BCUT2D eigenvalue weighted by molar-refractivity contribution is 7.89. The van der Waals surface area contributed by atoms with Gasteiger partial charge in [0.05, 0.1) is 4.90 Å². The van der Waals surface area contributed by atoms with Crippen LogP contribution >= 0.6 is 0 Å². The van der Waals surface area contributed by atoms with E-state index in [1.165, 1.54) is 4.31 Å². The summed E-state index contributed by atoms with van der Waals surface area (Å²) in [5, 5.41) is 0. The Morgan fingerprint density at radius 3 is 2.56 bits per heavy atom. The van der Waals surface area contributed by atoms with Crippen LogP contribution in [0, 0.1) is 6.92 Å². The molecule has 0 radical (unpaired) electrons. The van der Waals surface area contributed by atoms with Gasteiger partial charge in [0.1, 0.15) is 6.67 Å². The van der Waals surface area contributed by atoms with Gasteiger partial charge in [0, 0.05) is 18.9 Å². The Bertz CT molecular complexity index is 561. The number of sulfonamides is 1. The summed E-state index contributed by atoms with van der Waals surface area (Å²) in [5.74, 6) is 0. The lowest BCUT2D eigenvalue weighted by Crippen LogP contribution is -2.30. The summed E-state index contributed by atoms with van der Waals surface area (Å²) in [6.45, 7) is 6.54. The first-order valence-corrected chi connectivity index (χ1v) is 7.10. The first kappa shape index (κ1) is 12.7. The molecular weight excluding hydrogens is 248 g/mol. The smallest absolute Gasteiger partial charge is 0.265 e. The van der Waals surface area contributed by atoms with Crippen molar-refractivity contribution in [1.29, 1.82) is 0 Å². The molecule has 2 rings (SSSR count). The Morgan fingerprint density at radius 2 is 1.94 bits per heavy atom. The molecule has 0 fully saturated rings. The van der Waals surface area contributed by atoms with Gasteiger partial charge in [0.2, 0.25) is 0 Å². The largest absolute Gasteiger partial charge is 0.354 e. The number of nitrogens with zero attached hydrogens (tertiary/aromatic N) is 2. The van der Waals surface area contributed by atoms with Crippen molar-refractivity contribution in [1.82, 2.24) is 9.21 Å². The van der Waals surface area contributed by atoms with E-state index in [2.05, 4.69) is 6.58 Å². The average Bonchev–Trinajstić information content (AvgIpc) is 2.79. The number of hydrogen-bond donors (Lipinski definition) is 0. The summed E-state index contributed by atoms with van der Waals surface area (Å²) in [7, 11) is -3.44. The minimum absolute atomic E-state index is 0.318. The van der Waals surface area contributed by atoms with Gasteiger partial charge in [-0.3, -0.25) is 4.31 Å². The SMILES string of the molecule is C=CCN1C=CN(S(=O)(=O)c2ccc(C)cc2)C1. The number of aryl methyl sites for hydroxylation is 1. The predicted molar refractivity (Wildman–Crippen MR) is 71.1 cm³/mol. The number of hydrogen-bond acceptors (Lipinski definition) is 3. The van der Waals surface area contributed by atoms with Gasteiger partial charge in [-0.05, 0) is 19.1 Å². The van der Waals surface area contributed by atoms with Crippen LogP contribution in [0.3, 0.4) is 0 Å². The second-order valence-electron chi connectivity index (χ2n) is 4.20. The maximum atomic E-state index is 12.3. The first-order valence-electron chi connectivity index (χ1n) is 5.66. The van der Waals surface area contributed by atoms with E-state index in [1.54, 1.807) is 42.7 Å². The molecule has 0 aliphatic carbocycles. The van der Waals surface area contributed by atoms with Gasteiger partial charge in [-0.1, -0.05) is 23.8 Å². The Balaban J connectivity index is 2.21. The highest BCUT2D eigenvalue weighted by atomic mass is 32.2. The molecule has 0 unspecified atom stereocenters. The van der Waals surface area contributed by atoms with Crippen LogP contribution in [0.2, 0.25) is 0 Å². The van der Waals surface area contributed by atoms with E-state index < -0.39 is 10.0 Å². The zero-order valence-electron chi connectivity index (χ0n) is 10.3.